The fourth-order valence-corrected chi connectivity index (χ4v) is 3.22. The van der Waals surface area contributed by atoms with Gasteiger partial charge in [0.2, 0.25) is 0 Å². The number of nitrogens with zero attached hydrogens (tertiary/aromatic N) is 4. The van der Waals surface area contributed by atoms with Crippen LogP contribution in [-0.4, -0.2) is 40.0 Å². The second kappa shape index (κ2) is 5.54. The van der Waals surface area contributed by atoms with Crippen molar-refractivity contribution in [2.45, 2.75) is 44.2 Å². The normalized spacial score (nSPS) is 24.5. The van der Waals surface area contributed by atoms with Gasteiger partial charge in [-0.2, -0.15) is 5.26 Å². The van der Waals surface area contributed by atoms with Crippen molar-refractivity contribution in [1.82, 2.24) is 14.9 Å². The molecule has 0 spiro atoms. The van der Waals surface area contributed by atoms with Crippen molar-refractivity contribution in [1.29, 1.82) is 5.26 Å². The molecule has 1 saturated heterocycles. The molecule has 1 saturated carbocycles. The highest BCUT2D eigenvalue weighted by Gasteiger charge is 2.30. The standard InChI is InChI=1S/C14H19N5/c15-9-13-14(17-7-6-16-13)18-11-5-8-19(10-11)12-3-1-2-4-12/h6-7,11-12H,1-5,8,10H2,(H,17,18). The van der Waals surface area contributed by atoms with Crippen LogP contribution in [0.3, 0.4) is 0 Å². The molecule has 5 nitrogen and oxygen atoms in total. The number of nitriles is 1. The van der Waals surface area contributed by atoms with Gasteiger partial charge in [0.15, 0.2) is 11.5 Å². The van der Waals surface area contributed by atoms with Gasteiger partial charge in [0, 0.05) is 37.6 Å². The van der Waals surface area contributed by atoms with E-state index >= 15 is 0 Å². The molecular formula is C14H19N5. The van der Waals surface area contributed by atoms with Crippen LogP contribution in [0.25, 0.3) is 0 Å². The molecule has 2 aliphatic rings. The van der Waals surface area contributed by atoms with Gasteiger partial charge in [-0.3, -0.25) is 4.90 Å². The molecule has 2 fully saturated rings. The minimum absolute atomic E-state index is 0.391. The zero-order valence-electron chi connectivity index (χ0n) is 11.0. The molecule has 2 heterocycles. The van der Waals surface area contributed by atoms with Gasteiger partial charge in [-0.25, -0.2) is 9.97 Å². The molecule has 1 aliphatic carbocycles. The number of rotatable bonds is 3. The van der Waals surface area contributed by atoms with Crippen LogP contribution < -0.4 is 5.32 Å². The molecule has 19 heavy (non-hydrogen) atoms. The number of aromatic nitrogens is 2. The maximum atomic E-state index is 9.01. The van der Waals surface area contributed by atoms with Gasteiger partial charge in [0.05, 0.1) is 0 Å². The van der Waals surface area contributed by atoms with E-state index < -0.39 is 0 Å². The van der Waals surface area contributed by atoms with Crippen molar-refractivity contribution in [3.8, 4) is 6.07 Å². The summed E-state index contributed by atoms with van der Waals surface area (Å²) in [5.41, 5.74) is 0.391. The Balaban J connectivity index is 1.61. The van der Waals surface area contributed by atoms with Gasteiger partial charge < -0.3 is 5.32 Å². The fourth-order valence-electron chi connectivity index (χ4n) is 3.22. The van der Waals surface area contributed by atoms with Crippen molar-refractivity contribution in [3.05, 3.63) is 18.1 Å². The Labute approximate surface area is 113 Å². The zero-order valence-corrected chi connectivity index (χ0v) is 11.0. The van der Waals surface area contributed by atoms with Crippen LogP contribution in [0.15, 0.2) is 12.4 Å². The summed E-state index contributed by atoms with van der Waals surface area (Å²) in [5.74, 6) is 0.628. The van der Waals surface area contributed by atoms with Crippen LogP contribution >= 0.6 is 0 Å². The quantitative estimate of drug-likeness (QED) is 0.894. The van der Waals surface area contributed by atoms with Crippen LogP contribution in [0.1, 0.15) is 37.8 Å². The average Bonchev–Trinajstić information content (AvgIpc) is 3.09. The predicted molar refractivity (Wildman–Crippen MR) is 72.6 cm³/mol. The Hall–Kier alpha value is -1.67. The van der Waals surface area contributed by atoms with Crippen molar-refractivity contribution in [2.24, 2.45) is 0 Å². The smallest absolute Gasteiger partial charge is 0.182 e. The third-order valence-electron chi connectivity index (χ3n) is 4.21. The highest BCUT2D eigenvalue weighted by atomic mass is 15.2. The number of hydrogen-bond donors (Lipinski definition) is 1. The van der Waals surface area contributed by atoms with E-state index in [2.05, 4.69) is 26.3 Å². The first kappa shape index (κ1) is 12.4. The summed E-state index contributed by atoms with van der Waals surface area (Å²) in [6.45, 7) is 2.22. The molecule has 0 bridgehead atoms. The second-order valence-electron chi connectivity index (χ2n) is 5.43. The topological polar surface area (TPSA) is 64.8 Å². The van der Waals surface area contributed by atoms with Crippen molar-refractivity contribution >= 4 is 5.82 Å². The van der Waals surface area contributed by atoms with E-state index in [1.165, 1.54) is 25.7 Å². The molecule has 0 radical (unpaired) electrons. The molecule has 1 N–H and O–H groups in total. The third-order valence-corrected chi connectivity index (χ3v) is 4.21. The molecule has 1 unspecified atom stereocenters. The van der Waals surface area contributed by atoms with Crippen LogP contribution in [-0.2, 0) is 0 Å². The predicted octanol–water partition coefficient (Wildman–Crippen LogP) is 1.78. The number of anilines is 1. The monoisotopic (exact) mass is 257 g/mol. The van der Waals surface area contributed by atoms with E-state index in [0.29, 0.717) is 17.6 Å². The molecule has 1 atom stereocenters. The molecule has 3 rings (SSSR count). The first-order valence-corrected chi connectivity index (χ1v) is 7.08. The Morgan fingerprint density at radius 1 is 1.21 bits per heavy atom. The summed E-state index contributed by atoms with van der Waals surface area (Å²) in [4.78, 5) is 10.8. The van der Waals surface area contributed by atoms with Crippen molar-refractivity contribution in [3.63, 3.8) is 0 Å². The lowest BCUT2D eigenvalue weighted by Gasteiger charge is -2.23. The van der Waals surface area contributed by atoms with Gasteiger partial charge in [-0.15, -0.1) is 0 Å². The molecule has 0 amide bonds. The highest BCUT2D eigenvalue weighted by Crippen LogP contribution is 2.27. The lowest BCUT2D eigenvalue weighted by molar-refractivity contribution is 0.245. The molecule has 1 aromatic rings. The number of likely N-dealkylation sites (tertiary alicyclic amines) is 1. The lowest BCUT2D eigenvalue weighted by atomic mass is 10.2. The van der Waals surface area contributed by atoms with Gasteiger partial charge >= 0.3 is 0 Å². The summed E-state index contributed by atoms with van der Waals surface area (Å²) in [5, 5.41) is 12.4. The van der Waals surface area contributed by atoms with E-state index in [-0.39, 0.29) is 0 Å². The summed E-state index contributed by atoms with van der Waals surface area (Å²) in [6, 6.07) is 3.26. The van der Waals surface area contributed by atoms with Crippen LogP contribution in [0.2, 0.25) is 0 Å². The summed E-state index contributed by atoms with van der Waals surface area (Å²) in [6.07, 6.45) is 9.76. The maximum Gasteiger partial charge on any atom is 0.182 e. The van der Waals surface area contributed by atoms with E-state index in [1.54, 1.807) is 12.4 Å². The molecular weight excluding hydrogens is 238 g/mol. The molecule has 5 heteroatoms. The van der Waals surface area contributed by atoms with Crippen molar-refractivity contribution in [2.75, 3.05) is 18.4 Å². The summed E-state index contributed by atoms with van der Waals surface area (Å²) < 4.78 is 0. The summed E-state index contributed by atoms with van der Waals surface area (Å²) >= 11 is 0. The van der Waals surface area contributed by atoms with Crippen LogP contribution in [0.5, 0.6) is 0 Å². The fraction of sp³-hybridized carbons (Fsp3) is 0.643. The Kier molecular flexibility index (Phi) is 3.60. The first-order chi connectivity index (χ1) is 9.36. The Bertz CT molecular complexity index is 475. The molecule has 1 aliphatic heterocycles. The third kappa shape index (κ3) is 2.69. The molecule has 1 aromatic heterocycles. The van der Waals surface area contributed by atoms with Gasteiger partial charge in [-0.05, 0) is 19.3 Å². The average molecular weight is 257 g/mol. The van der Waals surface area contributed by atoms with Gasteiger partial charge in [-0.1, -0.05) is 12.8 Å². The minimum Gasteiger partial charge on any atom is -0.364 e. The number of nitrogens with one attached hydrogen (secondary N) is 1. The Morgan fingerprint density at radius 3 is 2.79 bits per heavy atom. The second-order valence-corrected chi connectivity index (χ2v) is 5.43. The van der Waals surface area contributed by atoms with Gasteiger partial charge in [0.25, 0.3) is 0 Å². The minimum atomic E-state index is 0.391. The first-order valence-electron chi connectivity index (χ1n) is 7.08. The van der Waals surface area contributed by atoms with Crippen molar-refractivity contribution < 1.29 is 0 Å². The van der Waals surface area contributed by atoms with E-state index in [1.807, 2.05) is 0 Å². The largest absolute Gasteiger partial charge is 0.364 e. The molecule has 0 aromatic carbocycles. The highest BCUT2D eigenvalue weighted by molar-refractivity contribution is 5.47. The van der Waals surface area contributed by atoms with Crippen LogP contribution in [0, 0.1) is 11.3 Å². The number of hydrogen-bond acceptors (Lipinski definition) is 5. The zero-order chi connectivity index (χ0) is 13.1. The van der Waals surface area contributed by atoms with E-state index in [4.69, 9.17) is 5.26 Å². The lowest BCUT2D eigenvalue weighted by Crippen LogP contribution is -2.33. The van der Waals surface area contributed by atoms with E-state index in [9.17, 15) is 0 Å². The van der Waals surface area contributed by atoms with Gasteiger partial charge in [0.1, 0.15) is 6.07 Å². The molecule has 100 valence electrons. The Morgan fingerprint density at radius 2 is 2.00 bits per heavy atom. The SMILES string of the molecule is N#Cc1nccnc1NC1CCN(C2CCCC2)C1. The summed E-state index contributed by atoms with van der Waals surface area (Å²) in [7, 11) is 0. The maximum absolute atomic E-state index is 9.01. The van der Waals surface area contributed by atoms with Crippen LogP contribution in [0.4, 0.5) is 5.82 Å². The van der Waals surface area contributed by atoms with E-state index in [0.717, 1.165) is 25.6 Å².